The zero-order valence-electron chi connectivity index (χ0n) is 10.3. The van der Waals surface area contributed by atoms with E-state index in [4.69, 9.17) is 18.0 Å². The predicted octanol–water partition coefficient (Wildman–Crippen LogP) is 3.26. The quantitative estimate of drug-likeness (QED) is 0.842. The van der Waals surface area contributed by atoms with Crippen molar-refractivity contribution in [2.45, 2.75) is 19.9 Å². The molecule has 0 saturated carbocycles. The van der Waals surface area contributed by atoms with Crippen molar-refractivity contribution in [3.8, 4) is 0 Å². The first-order chi connectivity index (χ1) is 8.59. The Morgan fingerprint density at radius 2 is 2.28 bits per heavy atom. The zero-order chi connectivity index (χ0) is 13.1. The van der Waals surface area contributed by atoms with Crippen LogP contribution < -0.4 is 11.1 Å². The Bertz CT molecular complexity index is 549. The number of benzene rings is 1. The Hall–Kier alpha value is -1.46. The number of hydrogen-bond acceptors (Lipinski definition) is 4. The van der Waals surface area contributed by atoms with Crippen LogP contribution in [0.1, 0.15) is 29.1 Å². The molecule has 0 radical (unpaired) electrons. The number of thiocarbonyl (C=S) groups is 1. The maximum atomic E-state index is 5.76. The average molecular weight is 277 g/mol. The summed E-state index contributed by atoms with van der Waals surface area (Å²) in [5.41, 5.74) is 8.76. The van der Waals surface area contributed by atoms with Crippen LogP contribution in [0.3, 0.4) is 0 Å². The summed E-state index contributed by atoms with van der Waals surface area (Å²) in [4.78, 5) is 4.72. The maximum Gasteiger partial charge on any atom is 0.115 e. The second kappa shape index (κ2) is 5.46. The normalized spacial score (nSPS) is 12.1. The molecule has 0 spiro atoms. The second-order valence-corrected chi connectivity index (χ2v) is 5.46. The van der Waals surface area contributed by atoms with E-state index in [0.717, 1.165) is 21.8 Å². The minimum absolute atomic E-state index is 0.138. The summed E-state index contributed by atoms with van der Waals surface area (Å²) in [7, 11) is 0. The Labute approximate surface area is 116 Å². The van der Waals surface area contributed by atoms with Crippen molar-refractivity contribution in [2.75, 3.05) is 5.32 Å². The molecule has 5 heteroatoms. The van der Waals surface area contributed by atoms with E-state index in [2.05, 4.69) is 17.2 Å². The van der Waals surface area contributed by atoms with Gasteiger partial charge in [-0.3, -0.25) is 0 Å². The van der Waals surface area contributed by atoms with Gasteiger partial charge in [0.15, 0.2) is 0 Å². The van der Waals surface area contributed by atoms with Crippen molar-refractivity contribution in [1.82, 2.24) is 4.98 Å². The lowest BCUT2D eigenvalue weighted by Crippen LogP contribution is -2.16. The van der Waals surface area contributed by atoms with E-state index < -0.39 is 0 Å². The molecule has 2 rings (SSSR count). The summed E-state index contributed by atoms with van der Waals surface area (Å²) >= 11 is 6.72. The lowest BCUT2D eigenvalue weighted by molar-refractivity contribution is 0.867. The van der Waals surface area contributed by atoms with E-state index in [0.29, 0.717) is 4.99 Å². The molecule has 1 heterocycles. The maximum absolute atomic E-state index is 5.76. The summed E-state index contributed by atoms with van der Waals surface area (Å²) in [6.07, 6.45) is 1.81. The standard InChI is InChI=1S/C13H15N3S2/c1-8-4-3-5-10(12(14)17)11(8)16-9(2)13-15-6-7-18-13/h3-7,9,16H,1-2H3,(H2,14,17). The van der Waals surface area contributed by atoms with E-state index in [-0.39, 0.29) is 6.04 Å². The molecular weight excluding hydrogens is 262 g/mol. The molecule has 3 N–H and O–H groups in total. The van der Waals surface area contributed by atoms with E-state index in [9.17, 15) is 0 Å². The highest BCUT2D eigenvalue weighted by molar-refractivity contribution is 7.80. The van der Waals surface area contributed by atoms with E-state index in [1.54, 1.807) is 11.3 Å². The molecule has 0 aliphatic heterocycles. The third-order valence-electron chi connectivity index (χ3n) is 2.72. The van der Waals surface area contributed by atoms with Crippen LogP contribution in [0.25, 0.3) is 0 Å². The smallest absolute Gasteiger partial charge is 0.115 e. The molecule has 2 aromatic rings. The number of aryl methyl sites for hydroxylation is 1. The lowest BCUT2D eigenvalue weighted by atomic mass is 10.1. The van der Waals surface area contributed by atoms with Crippen LogP contribution in [0.4, 0.5) is 5.69 Å². The highest BCUT2D eigenvalue weighted by Crippen LogP contribution is 2.26. The van der Waals surface area contributed by atoms with Crippen molar-refractivity contribution >= 4 is 34.2 Å². The number of aromatic nitrogens is 1. The first-order valence-corrected chi connectivity index (χ1v) is 6.93. The van der Waals surface area contributed by atoms with Gasteiger partial charge in [-0.1, -0.05) is 24.4 Å². The van der Waals surface area contributed by atoms with Gasteiger partial charge in [0, 0.05) is 22.8 Å². The molecule has 18 heavy (non-hydrogen) atoms. The fraction of sp³-hybridized carbons (Fsp3) is 0.231. The third-order valence-corrected chi connectivity index (χ3v) is 3.90. The third kappa shape index (κ3) is 2.68. The fourth-order valence-electron chi connectivity index (χ4n) is 1.79. The monoisotopic (exact) mass is 277 g/mol. The minimum atomic E-state index is 0.138. The second-order valence-electron chi connectivity index (χ2n) is 4.10. The Balaban J connectivity index is 2.31. The van der Waals surface area contributed by atoms with E-state index >= 15 is 0 Å². The van der Waals surface area contributed by atoms with Crippen molar-refractivity contribution in [3.05, 3.63) is 45.9 Å². The molecule has 0 aliphatic rings. The van der Waals surface area contributed by atoms with Gasteiger partial charge in [0.25, 0.3) is 0 Å². The van der Waals surface area contributed by atoms with Crippen molar-refractivity contribution in [3.63, 3.8) is 0 Å². The number of nitrogens with zero attached hydrogens (tertiary/aromatic N) is 1. The van der Waals surface area contributed by atoms with Crippen LogP contribution in [0.15, 0.2) is 29.8 Å². The number of rotatable bonds is 4. The largest absolute Gasteiger partial charge is 0.389 e. The van der Waals surface area contributed by atoms with Gasteiger partial charge in [-0.2, -0.15) is 0 Å². The molecule has 0 aliphatic carbocycles. The van der Waals surface area contributed by atoms with Gasteiger partial charge in [-0.25, -0.2) is 4.98 Å². The van der Waals surface area contributed by atoms with Crippen LogP contribution in [0.2, 0.25) is 0 Å². The summed E-state index contributed by atoms with van der Waals surface area (Å²) in [6, 6.07) is 6.08. The molecule has 3 nitrogen and oxygen atoms in total. The summed E-state index contributed by atoms with van der Waals surface area (Å²) < 4.78 is 0. The van der Waals surface area contributed by atoms with E-state index in [1.165, 1.54) is 0 Å². The number of thiazole rings is 1. The van der Waals surface area contributed by atoms with Gasteiger partial charge in [0.2, 0.25) is 0 Å². The van der Waals surface area contributed by atoms with Crippen molar-refractivity contribution in [2.24, 2.45) is 5.73 Å². The van der Waals surface area contributed by atoms with Crippen LogP contribution >= 0.6 is 23.6 Å². The SMILES string of the molecule is Cc1cccc(C(N)=S)c1NC(C)c1nccs1. The zero-order valence-corrected chi connectivity index (χ0v) is 11.9. The summed E-state index contributed by atoms with van der Waals surface area (Å²) in [6.45, 7) is 4.12. The van der Waals surface area contributed by atoms with Gasteiger partial charge in [0.1, 0.15) is 10.00 Å². The van der Waals surface area contributed by atoms with Gasteiger partial charge in [-0.05, 0) is 25.5 Å². The molecule has 1 aromatic heterocycles. The molecule has 1 unspecified atom stereocenters. The lowest BCUT2D eigenvalue weighted by Gasteiger charge is -2.18. The Morgan fingerprint density at radius 3 is 2.89 bits per heavy atom. The fourth-order valence-corrected chi connectivity index (χ4v) is 2.61. The number of anilines is 1. The van der Waals surface area contributed by atoms with Gasteiger partial charge in [-0.15, -0.1) is 11.3 Å². The Morgan fingerprint density at radius 1 is 1.50 bits per heavy atom. The molecule has 0 amide bonds. The number of nitrogens with two attached hydrogens (primary N) is 1. The molecule has 94 valence electrons. The molecular formula is C13H15N3S2. The molecule has 0 saturated heterocycles. The molecule has 1 atom stereocenters. The highest BCUT2D eigenvalue weighted by atomic mass is 32.1. The first kappa shape index (κ1) is 13.0. The van der Waals surface area contributed by atoms with Crippen LogP contribution in [-0.4, -0.2) is 9.97 Å². The number of hydrogen-bond donors (Lipinski definition) is 2. The van der Waals surface area contributed by atoms with Gasteiger partial charge >= 0.3 is 0 Å². The van der Waals surface area contributed by atoms with Crippen molar-refractivity contribution < 1.29 is 0 Å². The first-order valence-electron chi connectivity index (χ1n) is 5.65. The minimum Gasteiger partial charge on any atom is -0.389 e. The van der Waals surface area contributed by atoms with E-state index in [1.807, 2.05) is 36.7 Å². The average Bonchev–Trinajstić information content (AvgIpc) is 2.85. The van der Waals surface area contributed by atoms with Crippen LogP contribution in [0, 0.1) is 6.92 Å². The predicted molar refractivity (Wildman–Crippen MR) is 81.2 cm³/mol. The van der Waals surface area contributed by atoms with Gasteiger partial charge in [0.05, 0.1) is 6.04 Å². The number of nitrogens with one attached hydrogen (secondary N) is 1. The topological polar surface area (TPSA) is 50.9 Å². The van der Waals surface area contributed by atoms with Crippen LogP contribution in [0.5, 0.6) is 0 Å². The van der Waals surface area contributed by atoms with Crippen LogP contribution in [-0.2, 0) is 0 Å². The molecule has 0 bridgehead atoms. The molecule has 0 fully saturated rings. The highest BCUT2D eigenvalue weighted by Gasteiger charge is 2.13. The van der Waals surface area contributed by atoms with Crippen molar-refractivity contribution in [1.29, 1.82) is 0 Å². The molecule has 1 aromatic carbocycles. The van der Waals surface area contributed by atoms with Gasteiger partial charge < -0.3 is 11.1 Å². The summed E-state index contributed by atoms with van der Waals surface area (Å²) in [5.74, 6) is 0. The summed E-state index contributed by atoms with van der Waals surface area (Å²) in [5, 5.41) is 6.46. The number of para-hydroxylation sites is 1. The Kier molecular flexibility index (Phi) is 3.93.